The van der Waals surface area contributed by atoms with Gasteiger partial charge in [-0.05, 0) is 5.92 Å². The Morgan fingerprint density at radius 1 is 1.73 bits per heavy atom. The Hall–Kier alpha value is -0.790. The normalized spacial score (nSPS) is 14.4. The summed E-state index contributed by atoms with van der Waals surface area (Å²) in [5.74, 6) is 0.741. The third-order valence-corrected chi connectivity index (χ3v) is 1.64. The van der Waals surface area contributed by atoms with E-state index < -0.39 is 5.97 Å². The van der Waals surface area contributed by atoms with Gasteiger partial charge in [0.15, 0.2) is 0 Å². The zero-order valence-corrected chi connectivity index (χ0v) is 7.30. The molecule has 0 aliphatic heterocycles. The van der Waals surface area contributed by atoms with Gasteiger partial charge in [-0.15, -0.1) is 0 Å². The molecule has 0 aromatic rings. The molecule has 1 aliphatic rings. The highest BCUT2D eigenvalue weighted by Gasteiger charge is 2.17. The van der Waals surface area contributed by atoms with Crippen LogP contribution >= 0.6 is 0 Å². The predicted molar refractivity (Wildman–Crippen MR) is 45.2 cm³/mol. The van der Waals surface area contributed by atoms with Gasteiger partial charge in [0.25, 0.3) is 0 Å². The lowest BCUT2D eigenvalue weighted by Crippen LogP contribution is -1.91. The molecule has 2 heteroatoms. The van der Waals surface area contributed by atoms with Gasteiger partial charge in [-0.1, -0.05) is 32.8 Å². The van der Waals surface area contributed by atoms with Crippen LogP contribution in [-0.2, 0) is 9.53 Å². The van der Waals surface area contributed by atoms with E-state index in [1.54, 1.807) is 0 Å². The lowest BCUT2D eigenvalue weighted by atomic mass is 10.3. The number of ether oxygens (including phenoxy) is 1. The molecule has 0 unspecified atom stereocenters. The Balaban J connectivity index is 0.000000183. The first-order valence-corrected chi connectivity index (χ1v) is 3.95. The first-order valence-electron chi connectivity index (χ1n) is 3.95. The molecule has 0 amide bonds. The molecule has 11 heavy (non-hydrogen) atoms. The van der Waals surface area contributed by atoms with E-state index in [0.29, 0.717) is 0 Å². The molecule has 0 atom stereocenters. The average Bonchev–Trinajstić information content (AvgIpc) is 2.86. The molecular weight excluding hydrogens is 140 g/mol. The minimum atomic E-state index is -0.394. The Morgan fingerprint density at radius 3 is 2.27 bits per heavy atom. The molecule has 0 aromatic heterocycles. The van der Waals surface area contributed by atoms with Crippen molar-refractivity contribution >= 4 is 5.97 Å². The van der Waals surface area contributed by atoms with Crippen LogP contribution < -0.4 is 0 Å². The van der Waals surface area contributed by atoms with Crippen molar-refractivity contribution in [3.63, 3.8) is 0 Å². The van der Waals surface area contributed by atoms with E-state index in [1.165, 1.54) is 26.4 Å². The van der Waals surface area contributed by atoms with Crippen LogP contribution in [0.15, 0.2) is 12.7 Å². The molecule has 2 nitrogen and oxygen atoms in total. The highest BCUT2D eigenvalue weighted by Crippen LogP contribution is 2.31. The fourth-order valence-corrected chi connectivity index (χ4v) is 0.609. The first kappa shape index (κ1) is 10.2. The van der Waals surface area contributed by atoms with E-state index in [-0.39, 0.29) is 0 Å². The van der Waals surface area contributed by atoms with Gasteiger partial charge >= 0.3 is 5.97 Å². The second kappa shape index (κ2) is 5.96. The molecule has 1 fully saturated rings. The molecule has 0 heterocycles. The second-order valence-electron chi connectivity index (χ2n) is 2.58. The smallest absolute Gasteiger partial charge is 0.329 e. The molecule has 1 saturated carbocycles. The van der Waals surface area contributed by atoms with E-state index in [1.807, 2.05) is 0 Å². The molecule has 1 aliphatic carbocycles. The molecular formula is C9H16O2. The highest BCUT2D eigenvalue weighted by molar-refractivity contribution is 5.80. The lowest BCUT2D eigenvalue weighted by molar-refractivity contribution is -0.134. The number of esters is 1. The zero-order chi connectivity index (χ0) is 8.69. The summed E-state index contributed by atoms with van der Waals surface area (Å²) in [6.45, 7) is 5.42. The van der Waals surface area contributed by atoms with Gasteiger partial charge in [0.1, 0.15) is 0 Å². The Bertz CT molecular complexity index is 126. The summed E-state index contributed by atoms with van der Waals surface area (Å²) in [6, 6.07) is 0. The SMILES string of the molecule is C=CC(=O)OC.CCC1CC1. The van der Waals surface area contributed by atoms with Gasteiger partial charge in [-0.3, -0.25) is 0 Å². The molecule has 1 rings (SSSR count). The van der Waals surface area contributed by atoms with E-state index in [9.17, 15) is 4.79 Å². The monoisotopic (exact) mass is 156 g/mol. The quantitative estimate of drug-likeness (QED) is 0.452. The fourth-order valence-electron chi connectivity index (χ4n) is 0.609. The minimum Gasteiger partial charge on any atom is -0.466 e. The van der Waals surface area contributed by atoms with Crippen LogP contribution in [0.4, 0.5) is 0 Å². The van der Waals surface area contributed by atoms with Gasteiger partial charge in [-0.25, -0.2) is 4.79 Å². The van der Waals surface area contributed by atoms with Gasteiger partial charge < -0.3 is 4.74 Å². The Kier molecular flexibility index (Phi) is 5.53. The molecule has 0 radical (unpaired) electrons. The fraction of sp³-hybridized carbons (Fsp3) is 0.667. The standard InChI is InChI=1S/C5H10.C4H6O2/c1-2-5-3-4-5;1-3-4(5)6-2/h5H,2-4H2,1H3;3H,1H2,2H3. The summed E-state index contributed by atoms with van der Waals surface area (Å²) in [7, 11) is 1.31. The maximum absolute atomic E-state index is 9.84. The zero-order valence-electron chi connectivity index (χ0n) is 7.30. The van der Waals surface area contributed by atoms with E-state index >= 15 is 0 Å². The van der Waals surface area contributed by atoms with Crippen molar-refractivity contribution in [3.05, 3.63) is 12.7 Å². The van der Waals surface area contributed by atoms with E-state index in [2.05, 4.69) is 18.2 Å². The number of hydrogen-bond donors (Lipinski definition) is 0. The largest absolute Gasteiger partial charge is 0.466 e. The van der Waals surface area contributed by atoms with Gasteiger partial charge in [0, 0.05) is 6.08 Å². The first-order chi connectivity index (χ1) is 5.24. The van der Waals surface area contributed by atoms with Gasteiger partial charge in [0.2, 0.25) is 0 Å². The number of carbonyl (C=O) groups excluding carboxylic acids is 1. The van der Waals surface area contributed by atoms with E-state index in [0.717, 1.165) is 12.0 Å². The van der Waals surface area contributed by atoms with Gasteiger partial charge in [-0.2, -0.15) is 0 Å². The molecule has 64 valence electrons. The van der Waals surface area contributed by atoms with E-state index in [4.69, 9.17) is 0 Å². The van der Waals surface area contributed by atoms with Crippen molar-refractivity contribution in [1.29, 1.82) is 0 Å². The lowest BCUT2D eigenvalue weighted by Gasteiger charge is -1.83. The molecule has 0 N–H and O–H groups in total. The van der Waals surface area contributed by atoms with Crippen molar-refractivity contribution in [3.8, 4) is 0 Å². The Morgan fingerprint density at radius 2 is 2.27 bits per heavy atom. The third kappa shape index (κ3) is 7.10. The van der Waals surface area contributed by atoms with Crippen LogP contribution in [0.5, 0.6) is 0 Å². The van der Waals surface area contributed by atoms with Crippen molar-refractivity contribution < 1.29 is 9.53 Å². The summed E-state index contributed by atoms with van der Waals surface area (Å²) in [4.78, 5) is 9.84. The Labute approximate surface area is 68.2 Å². The minimum absolute atomic E-state index is 0.394. The van der Waals surface area contributed by atoms with Crippen LogP contribution in [0.2, 0.25) is 0 Å². The predicted octanol–water partition coefficient (Wildman–Crippen LogP) is 2.15. The summed E-state index contributed by atoms with van der Waals surface area (Å²) in [5.41, 5.74) is 0. The summed E-state index contributed by atoms with van der Waals surface area (Å²) in [6.07, 6.45) is 5.55. The maximum Gasteiger partial charge on any atom is 0.329 e. The second-order valence-corrected chi connectivity index (χ2v) is 2.58. The molecule has 0 bridgehead atoms. The topological polar surface area (TPSA) is 26.3 Å². The molecule has 0 aromatic carbocycles. The maximum atomic E-state index is 9.84. The van der Waals surface area contributed by atoms with Crippen molar-refractivity contribution in [1.82, 2.24) is 0 Å². The summed E-state index contributed by atoms with van der Waals surface area (Å²) >= 11 is 0. The van der Waals surface area contributed by atoms with Crippen molar-refractivity contribution in [2.45, 2.75) is 26.2 Å². The van der Waals surface area contributed by atoms with Crippen LogP contribution in [-0.4, -0.2) is 13.1 Å². The number of carbonyl (C=O) groups is 1. The van der Waals surface area contributed by atoms with Crippen LogP contribution in [0, 0.1) is 5.92 Å². The van der Waals surface area contributed by atoms with Gasteiger partial charge in [0.05, 0.1) is 7.11 Å². The third-order valence-electron chi connectivity index (χ3n) is 1.64. The van der Waals surface area contributed by atoms with Crippen LogP contribution in [0.25, 0.3) is 0 Å². The van der Waals surface area contributed by atoms with Crippen molar-refractivity contribution in [2.75, 3.05) is 7.11 Å². The number of hydrogen-bond acceptors (Lipinski definition) is 2. The molecule has 0 spiro atoms. The van der Waals surface area contributed by atoms with Crippen LogP contribution in [0.1, 0.15) is 26.2 Å². The number of methoxy groups -OCH3 is 1. The molecule has 0 saturated heterocycles. The van der Waals surface area contributed by atoms with Crippen molar-refractivity contribution in [2.24, 2.45) is 5.92 Å². The average molecular weight is 156 g/mol. The van der Waals surface area contributed by atoms with Crippen LogP contribution in [0.3, 0.4) is 0 Å². The summed E-state index contributed by atoms with van der Waals surface area (Å²) in [5, 5.41) is 0. The number of rotatable bonds is 2. The summed E-state index contributed by atoms with van der Waals surface area (Å²) < 4.78 is 4.14. The highest BCUT2D eigenvalue weighted by atomic mass is 16.5.